The first-order valence-corrected chi connectivity index (χ1v) is 7.75. The van der Waals surface area contributed by atoms with Crippen LogP contribution in [0.15, 0.2) is 42.6 Å². The highest BCUT2D eigenvalue weighted by molar-refractivity contribution is 5.99. The number of aromatic nitrogens is 1. The predicted octanol–water partition coefficient (Wildman–Crippen LogP) is 4.89. The van der Waals surface area contributed by atoms with E-state index in [1.165, 1.54) is 39.7 Å². The van der Waals surface area contributed by atoms with Gasteiger partial charge in [-0.05, 0) is 53.8 Å². The summed E-state index contributed by atoms with van der Waals surface area (Å²) in [6.45, 7) is 0. The molecule has 0 N–H and O–H groups in total. The maximum absolute atomic E-state index is 13.2. The Morgan fingerprint density at radius 1 is 1.09 bits per heavy atom. The van der Waals surface area contributed by atoms with Crippen LogP contribution in [0.25, 0.3) is 22.0 Å². The third-order valence-electron chi connectivity index (χ3n) is 5.07. The molecule has 1 aromatic heterocycles. The first-order valence-electron chi connectivity index (χ1n) is 7.75. The van der Waals surface area contributed by atoms with Crippen LogP contribution in [0.2, 0.25) is 0 Å². The van der Waals surface area contributed by atoms with Gasteiger partial charge in [0.1, 0.15) is 5.82 Å². The summed E-state index contributed by atoms with van der Waals surface area (Å²) < 4.78 is 21.5. The zero-order valence-corrected chi connectivity index (χ0v) is 12.3. The van der Waals surface area contributed by atoms with Crippen LogP contribution in [0.1, 0.15) is 36.2 Å². The van der Waals surface area contributed by atoms with Crippen molar-refractivity contribution in [1.29, 1.82) is 0 Å². The monoisotopic (exact) mass is 293 g/mol. The van der Waals surface area contributed by atoms with Gasteiger partial charge in [0.15, 0.2) is 0 Å². The van der Waals surface area contributed by atoms with E-state index in [-0.39, 0.29) is 18.0 Å². The molecule has 3 heteroatoms. The van der Waals surface area contributed by atoms with Gasteiger partial charge in [0.05, 0.1) is 17.7 Å². The average Bonchev–Trinajstić information content (AvgIpc) is 3.22. The van der Waals surface area contributed by atoms with Crippen molar-refractivity contribution in [3.63, 3.8) is 0 Å². The Labute approximate surface area is 128 Å². The molecule has 2 aliphatic heterocycles. The number of hydrogen-bond donors (Lipinski definition) is 0. The van der Waals surface area contributed by atoms with Crippen molar-refractivity contribution in [2.75, 3.05) is 0 Å². The van der Waals surface area contributed by atoms with Gasteiger partial charge in [-0.2, -0.15) is 0 Å². The molecule has 0 amide bonds. The average molecular weight is 293 g/mol. The summed E-state index contributed by atoms with van der Waals surface area (Å²) in [5, 5.41) is 1.23. The van der Waals surface area contributed by atoms with E-state index in [0.29, 0.717) is 0 Å². The van der Waals surface area contributed by atoms with Crippen LogP contribution in [0.4, 0.5) is 4.39 Å². The molecule has 0 radical (unpaired) electrons. The first-order chi connectivity index (χ1) is 10.7. The van der Waals surface area contributed by atoms with Crippen LogP contribution in [-0.4, -0.2) is 4.57 Å². The second-order valence-electron chi connectivity index (χ2n) is 6.31. The molecule has 110 valence electrons. The number of hydrogen-bond acceptors (Lipinski definition) is 1. The third-order valence-corrected chi connectivity index (χ3v) is 5.07. The Morgan fingerprint density at radius 3 is 2.68 bits per heavy atom. The molecule has 22 heavy (non-hydrogen) atoms. The summed E-state index contributed by atoms with van der Waals surface area (Å²) in [5.74, 6) is -0.198. The van der Waals surface area contributed by atoms with Crippen LogP contribution in [0.5, 0.6) is 0 Å². The number of nitrogens with zero attached hydrogens (tertiary/aromatic N) is 1. The van der Waals surface area contributed by atoms with Gasteiger partial charge < -0.3 is 9.30 Å². The summed E-state index contributed by atoms with van der Waals surface area (Å²) in [6.07, 6.45) is 4.81. The minimum absolute atomic E-state index is 0.198. The molecule has 3 heterocycles. The first kappa shape index (κ1) is 12.4. The lowest BCUT2D eigenvalue weighted by atomic mass is 9.86. The highest BCUT2D eigenvalue weighted by Crippen LogP contribution is 2.54. The molecule has 2 unspecified atom stereocenters. The Balaban J connectivity index is 1.85. The van der Waals surface area contributed by atoms with Gasteiger partial charge in [0, 0.05) is 24.2 Å². The number of aryl methyl sites for hydroxylation is 1. The van der Waals surface area contributed by atoms with Crippen LogP contribution in [-0.2, 0) is 11.8 Å². The fourth-order valence-corrected chi connectivity index (χ4v) is 4.08. The summed E-state index contributed by atoms with van der Waals surface area (Å²) in [6, 6.07) is 11.2. The quantitative estimate of drug-likeness (QED) is 0.623. The van der Waals surface area contributed by atoms with Gasteiger partial charge in [-0.3, -0.25) is 0 Å². The molecule has 2 aliphatic rings. The van der Waals surface area contributed by atoms with Gasteiger partial charge in [-0.25, -0.2) is 4.39 Å². The SMILES string of the molecule is Cn1ccc2c(-c3ccc(F)cc3)cc3c(c21)C1CCC3O1. The van der Waals surface area contributed by atoms with Gasteiger partial charge >= 0.3 is 0 Å². The number of fused-ring (bicyclic) bond motifs is 7. The van der Waals surface area contributed by atoms with Crippen LogP contribution in [0.3, 0.4) is 0 Å². The molecule has 2 atom stereocenters. The van der Waals surface area contributed by atoms with Gasteiger partial charge in [-0.15, -0.1) is 0 Å². The Hall–Kier alpha value is -2.13. The molecule has 1 fully saturated rings. The van der Waals surface area contributed by atoms with Gasteiger partial charge in [0.25, 0.3) is 0 Å². The van der Waals surface area contributed by atoms with Crippen molar-refractivity contribution in [2.45, 2.75) is 25.0 Å². The summed E-state index contributed by atoms with van der Waals surface area (Å²) in [7, 11) is 2.09. The van der Waals surface area contributed by atoms with E-state index in [9.17, 15) is 4.39 Å². The lowest BCUT2D eigenvalue weighted by Crippen LogP contribution is -2.02. The second kappa shape index (κ2) is 4.20. The number of rotatable bonds is 1. The fourth-order valence-electron chi connectivity index (χ4n) is 4.08. The topological polar surface area (TPSA) is 14.2 Å². The Morgan fingerprint density at radius 2 is 1.86 bits per heavy atom. The van der Waals surface area contributed by atoms with E-state index >= 15 is 0 Å². The van der Waals surface area contributed by atoms with Crippen molar-refractivity contribution in [1.82, 2.24) is 4.57 Å². The van der Waals surface area contributed by atoms with E-state index in [2.05, 4.69) is 29.9 Å². The molecule has 0 saturated carbocycles. The molecular formula is C19H16FNO. The standard InChI is InChI=1S/C19H16FNO/c1-21-9-8-13-14(11-2-4-12(20)5-3-11)10-15-16-6-7-17(22-16)18(15)19(13)21/h2-5,8-10,16-17H,6-7H2,1H3. The lowest BCUT2D eigenvalue weighted by molar-refractivity contribution is 0.0720. The Bertz CT molecular complexity index is 894. The smallest absolute Gasteiger partial charge is 0.123 e. The second-order valence-corrected chi connectivity index (χ2v) is 6.31. The highest BCUT2D eigenvalue weighted by Gasteiger charge is 2.40. The number of benzene rings is 2. The van der Waals surface area contributed by atoms with Crippen LogP contribution in [0, 0.1) is 5.82 Å². The number of ether oxygens (including phenoxy) is 1. The summed E-state index contributed by atoms with van der Waals surface area (Å²) in [4.78, 5) is 0. The van der Waals surface area contributed by atoms with Crippen LogP contribution >= 0.6 is 0 Å². The lowest BCUT2D eigenvalue weighted by Gasteiger charge is -2.17. The van der Waals surface area contributed by atoms with Crippen molar-refractivity contribution >= 4 is 10.9 Å². The summed E-state index contributed by atoms with van der Waals surface area (Å²) >= 11 is 0. The van der Waals surface area contributed by atoms with E-state index < -0.39 is 0 Å². The minimum Gasteiger partial charge on any atom is -0.366 e. The molecular weight excluding hydrogens is 277 g/mol. The molecule has 2 nitrogen and oxygen atoms in total. The van der Waals surface area contributed by atoms with E-state index in [1.807, 2.05) is 12.1 Å². The highest BCUT2D eigenvalue weighted by atomic mass is 19.1. The number of halogens is 1. The molecule has 2 aromatic carbocycles. The largest absolute Gasteiger partial charge is 0.366 e. The maximum Gasteiger partial charge on any atom is 0.123 e. The molecule has 0 aliphatic carbocycles. The molecule has 2 bridgehead atoms. The van der Waals surface area contributed by atoms with E-state index in [1.54, 1.807) is 0 Å². The minimum atomic E-state index is -0.198. The molecule has 0 spiro atoms. The zero-order chi connectivity index (χ0) is 14.8. The molecule has 1 saturated heterocycles. The summed E-state index contributed by atoms with van der Waals surface area (Å²) in [5.41, 5.74) is 6.19. The van der Waals surface area contributed by atoms with E-state index in [4.69, 9.17) is 4.74 Å². The van der Waals surface area contributed by atoms with Crippen molar-refractivity contribution in [2.24, 2.45) is 7.05 Å². The molecule has 3 aromatic rings. The van der Waals surface area contributed by atoms with Gasteiger partial charge in [0.2, 0.25) is 0 Å². The normalized spacial score (nSPS) is 22.5. The van der Waals surface area contributed by atoms with E-state index in [0.717, 1.165) is 18.4 Å². The zero-order valence-electron chi connectivity index (χ0n) is 12.3. The van der Waals surface area contributed by atoms with Crippen molar-refractivity contribution in [3.05, 3.63) is 59.5 Å². The maximum atomic E-state index is 13.2. The van der Waals surface area contributed by atoms with Crippen molar-refractivity contribution < 1.29 is 9.13 Å². The fraction of sp³-hybridized carbons (Fsp3) is 0.263. The van der Waals surface area contributed by atoms with Crippen LogP contribution < -0.4 is 0 Å². The Kier molecular flexibility index (Phi) is 2.37. The third kappa shape index (κ3) is 1.52. The van der Waals surface area contributed by atoms with Crippen molar-refractivity contribution in [3.8, 4) is 11.1 Å². The molecule has 5 rings (SSSR count). The predicted molar refractivity (Wildman–Crippen MR) is 84.1 cm³/mol. The van der Waals surface area contributed by atoms with Gasteiger partial charge in [-0.1, -0.05) is 12.1 Å².